The maximum atomic E-state index is 16.0. The quantitative estimate of drug-likeness (QED) is 0.0161. The molecule has 4 fully saturated rings. The molecular weight excluding hydrogens is 2040 g/mol. The van der Waals surface area contributed by atoms with E-state index in [-0.39, 0.29) is 236 Å². The molecule has 8 heterocycles. The Hall–Kier alpha value is -15.3. The van der Waals surface area contributed by atoms with Crippen molar-refractivity contribution >= 4 is 183 Å². The molecule has 0 bridgehead atoms. The molecule has 49 heteroatoms. The summed E-state index contributed by atoms with van der Waals surface area (Å²) in [4.78, 5) is 136. The van der Waals surface area contributed by atoms with Crippen molar-refractivity contribution in [1.29, 1.82) is 0 Å². The van der Waals surface area contributed by atoms with Crippen molar-refractivity contribution < 1.29 is 105 Å². The van der Waals surface area contributed by atoms with Gasteiger partial charge in [0.15, 0.2) is 23.3 Å². The molecule has 4 aromatic heterocycles. The van der Waals surface area contributed by atoms with Gasteiger partial charge >= 0.3 is 6.03 Å². The van der Waals surface area contributed by atoms with Crippen molar-refractivity contribution in [3.63, 3.8) is 0 Å². The summed E-state index contributed by atoms with van der Waals surface area (Å²) in [6, 6.07) is 26.6. The zero-order valence-corrected chi connectivity index (χ0v) is 84.1. The van der Waals surface area contributed by atoms with Gasteiger partial charge in [0.1, 0.15) is 92.1 Å². The van der Waals surface area contributed by atoms with E-state index >= 15 is 17.6 Å². The third-order valence-corrected chi connectivity index (χ3v) is 26.1. The molecule has 4 saturated heterocycles. The predicted octanol–water partition coefficient (Wildman–Crippen LogP) is 11.8. The number of aromatic hydroxyl groups is 4. The van der Waals surface area contributed by atoms with Crippen LogP contribution in [0.2, 0.25) is 20.1 Å². The van der Waals surface area contributed by atoms with Crippen LogP contribution < -0.4 is 41.3 Å². The Morgan fingerprint density at radius 3 is 1.04 bits per heavy atom. The molecule has 13 aromatic rings. The van der Waals surface area contributed by atoms with E-state index in [0.29, 0.717) is 74.9 Å². The van der Waals surface area contributed by atoms with Crippen molar-refractivity contribution in [2.24, 2.45) is 5.73 Å². The standard InChI is InChI=1S/C26H22ClFN4O2.2C25H27ClF2N6O5.C24H26ClF2N7O3/c1-2-5-22(34)31-8-10-32(11-9-31)26-20-14-21(27)23(24(28)25(20)29-15-30-26)19-13-17(33)12-16-6-3-4-7-18(16)19;2*1-32(2)17(36)6-7-29-25-30-21-13(22(31-25)33-8-10-34(11-9-33)23(37)24(38)39)12-14(26)18(20(21)28)19-15(27)4-3-5-16(19)35;1-32(2)17(36)6-7-29-24-30-21-13(22(31-24)33-8-10-34(11-9-33)23(28)37)12-14(25)18(20(21)27)19-15(26)4-3-5-16(19)35/h2-7,12-15,33H,8-11H2,1H3;2*3-5,12,24,35,38-39H,6-11H2,1-2H3,(H,29,30,31);3-5,12,35H,6-11H2,1-2H3,(H2,28,37)(H,29,30,31)/b5-2+;;;. The first-order valence-electron chi connectivity index (χ1n) is 46.5. The molecule has 784 valence electrons. The SMILES string of the molecule is C/C=C/C(=O)N1CCN(c2ncnc3c(F)c(-c4cc(O)cc5ccccc45)c(Cl)cc23)CC1.CN(C)C(=O)CCNc1nc(N2CCN(C(=O)C(O)O)CC2)c2cc(Cl)c(-c3c(O)cccc3F)c(F)c2n1.CN(C)C(=O)CCNc1nc(N2CCN(C(=O)C(O)O)CC2)c2cc(Cl)c(-c3c(O)cccc3F)c(F)c2n1.CN(C)C(=O)CCNc1nc(N2CCN(C(N)=O)CC2)c2cc(Cl)c(-c3c(O)cccc3F)c(F)c2n1. The van der Waals surface area contributed by atoms with Crippen LogP contribution in [0.1, 0.15) is 26.2 Å². The van der Waals surface area contributed by atoms with Crippen LogP contribution >= 0.6 is 46.4 Å². The van der Waals surface area contributed by atoms with E-state index in [2.05, 4.69) is 55.8 Å². The first-order valence-corrected chi connectivity index (χ1v) is 48.0. The Morgan fingerprint density at radius 2 is 0.705 bits per heavy atom. The van der Waals surface area contributed by atoms with Crippen LogP contribution in [0.25, 0.3) is 98.9 Å². The predicted molar refractivity (Wildman–Crippen MR) is 550 cm³/mol. The van der Waals surface area contributed by atoms with E-state index in [1.807, 2.05) is 41.0 Å². The number of piperazine rings is 4. The number of halogens is 11. The molecule has 9 aromatic carbocycles. The number of nitrogens with zero attached hydrogens (tertiary/aromatic N) is 19. The lowest BCUT2D eigenvalue weighted by Crippen LogP contribution is -2.51. The Balaban J connectivity index is 0.000000157. The van der Waals surface area contributed by atoms with Crippen molar-refractivity contribution in [2.75, 3.05) is 202 Å². The van der Waals surface area contributed by atoms with Gasteiger partial charge in [0, 0.05) is 230 Å². The lowest BCUT2D eigenvalue weighted by atomic mass is 9.96. The molecule has 17 rings (SSSR count). The number of aromatic nitrogens is 8. The summed E-state index contributed by atoms with van der Waals surface area (Å²) in [7, 11) is 9.74. The number of aliphatic hydroxyl groups excluding tert-OH is 2. The highest BCUT2D eigenvalue weighted by atomic mass is 35.5. The fraction of sp³-hybridized carbons (Fsp3) is 0.310. The van der Waals surface area contributed by atoms with E-state index in [0.717, 1.165) is 29.0 Å². The van der Waals surface area contributed by atoms with Crippen LogP contribution in [0, 0.1) is 40.7 Å². The molecule has 0 unspecified atom stereocenters. The molecule has 0 atom stereocenters. The number of benzene rings is 9. The van der Waals surface area contributed by atoms with Crippen LogP contribution in [0.4, 0.5) is 76.6 Å². The average Bonchev–Trinajstić information content (AvgIpc) is 0.758. The van der Waals surface area contributed by atoms with Crippen LogP contribution in [0.3, 0.4) is 0 Å². The smallest absolute Gasteiger partial charge is 0.314 e. The van der Waals surface area contributed by atoms with Crippen LogP contribution in [-0.2, 0) is 28.8 Å². The zero-order valence-electron chi connectivity index (χ0n) is 81.1. The number of hydrogen-bond donors (Lipinski definition) is 12. The number of nitrogens with two attached hydrogens (primary N) is 1. The number of phenolic OH excluding ortho intramolecular Hbond substituents is 4. The average molecular weight is 2140 g/mol. The number of anilines is 7. The van der Waals surface area contributed by atoms with Gasteiger partial charge in [0.2, 0.25) is 54.1 Å². The van der Waals surface area contributed by atoms with Gasteiger partial charge in [-0.05, 0) is 102 Å². The third-order valence-electron chi connectivity index (χ3n) is 24.9. The van der Waals surface area contributed by atoms with Gasteiger partial charge in [-0.3, -0.25) is 28.8 Å². The maximum absolute atomic E-state index is 16.0. The second-order valence-electron chi connectivity index (χ2n) is 35.1. The fourth-order valence-corrected chi connectivity index (χ4v) is 18.4. The Labute approximate surface area is 866 Å². The summed E-state index contributed by atoms with van der Waals surface area (Å²) in [5.74, 6) is -8.12. The molecule has 0 radical (unpaired) electrons. The molecule has 149 heavy (non-hydrogen) atoms. The highest BCUT2D eigenvalue weighted by Gasteiger charge is 2.36. The number of carbonyl (C=O) groups is 7. The number of primary amides is 1. The molecule has 38 nitrogen and oxygen atoms in total. The summed E-state index contributed by atoms with van der Waals surface area (Å²) < 4.78 is 108. The molecule has 0 spiro atoms. The second-order valence-corrected chi connectivity index (χ2v) is 36.7. The van der Waals surface area contributed by atoms with Gasteiger partial charge < -0.3 is 116 Å². The molecular formula is C100H102Cl4F7N23O15. The number of fused-ring (bicyclic) bond motifs is 5. The topological polar surface area (TPSA) is 482 Å². The number of aliphatic hydroxyl groups is 4. The number of hydrogen-bond acceptors (Lipinski definition) is 30. The van der Waals surface area contributed by atoms with Crippen molar-refractivity contribution in [2.45, 2.75) is 38.8 Å². The van der Waals surface area contributed by atoms with Gasteiger partial charge in [-0.25, -0.2) is 60.4 Å². The fourth-order valence-electron chi connectivity index (χ4n) is 17.2. The largest absolute Gasteiger partial charge is 0.508 e. The number of carbonyl (C=O) groups excluding carboxylic acids is 7. The van der Waals surface area contributed by atoms with Gasteiger partial charge in [0.25, 0.3) is 11.8 Å². The summed E-state index contributed by atoms with van der Waals surface area (Å²) in [5.41, 5.74) is 3.40. The first-order chi connectivity index (χ1) is 71.0. The zero-order chi connectivity index (χ0) is 108. The Kier molecular flexibility index (Phi) is 35.0. The van der Waals surface area contributed by atoms with Crippen molar-refractivity contribution in [3.05, 3.63) is 195 Å². The number of amides is 8. The molecule has 13 N–H and O–H groups in total. The van der Waals surface area contributed by atoms with E-state index in [4.69, 9.17) is 52.1 Å². The van der Waals surface area contributed by atoms with E-state index in [9.17, 15) is 87.6 Å². The molecule has 4 aliphatic heterocycles. The lowest BCUT2D eigenvalue weighted by Gasteiger charge is -2.36. The number of urea groups is 1. The monoisotopic (exact) mass is 2140 g/mol. The van der Waals surface area contributed by atoms with Gasteiger partial charge in [-0.15, -0.1) is 0 Å². The third kappa shape index (κ3) is 24.4. The Bertz CT molecular complexity index is 7080. The number of allylic oxidation sites excluding steroid dienone is 1. The normalized spacial score (nSPS) is 13.9. The van der Waals surface area contributed by atoms with E-state index in [1.54, 1.807) is 81.3 Å². The van der Waals surface area contributed by atoms with Crippen LogP contribution in [0.15, 0.2) is 134 Å². The molecule has 0 aliphatic carbocycles. The molecule has 0 saturated carbocycles. The van der Waals surface area contributed by atoms with Gasteiger partial charge in [-0.1, -0.05) is 94.9 Å². The van der Waals surface area contributed by atoms with Crippen LogP contribution in [0.5, 0.6) is 23.0 Å². The Morgan fingerprint density at radius 1 is 0.383 bits per heavy atom. The number of phenols is 4. The molecule has 8 amide bonds. The second kappa shape index (κ2) is 47.7. The molecule has 4 aliphatic rings. The maximum Gasteiger partial charge on any atom is 0.314 e. The summed E-state index contributed by atoms with van der Waals surface area (Å²) >= 11 is 25.9. The van der Waals surface area contributed by atoms with E-state index < -0.39 is 99.5 Å². The van der Waals surface area contributed by atoms with E-state index in [1.165, 1.54) is 96.4 Å². The highest BCUT2D eigenvalue weighted by molar-refractivity contribution is 6.36. The van der Waals surface area contributed by atoms with Gasteiger partial charge in [0.05, 0.1) is 36.8 Å². The van der Waals surface area contributed by atoms with Crippen molar-refractivity contribution in [1.82, 2.24) is 74.2 Å². The minimum absolute atomic E-state index is 0.00160. The number of nitrogens with one attached hydrogen (secondary N) is 3. The minimum atomic E-state index is -2.13. The number of rotatable bonds is 23. The van der Waals surface area contributed by atoms with Crippen LogP contribution in [-0.4, -0.2) is 336 Å². The lowest BCUT2D eigenvalue weighted by molar-refractivity contribution is -0.159. The van der Waals surface area contributed by atoms with Crippen molar-refractivity contribution in [3.8, 4) is 67.5 Å². The highest BCUT2D eigenvalue weighted by Crippen LogP contribution is 2.49. The minimum Gasteiger partial charge on any atom is -0.508 e. The summed E-state index contributed by atoms with van der Waals surface area (Å²) in [5, 5.41) is 89.1. The summed E-state index contributed by atoms with van der Waals surface area (Å²) in [6.07, 6.45) is 0.755. The first kappa shape index (κ1) is 109. The summed E-state index contributed by atoms with van der Waals surface area (Å²) in [6.45, 7) is 7.33. The van der Waals surface area contributed by atoms with Gasteiger partial charge in [-0.2, -0.15) is 15.0 Å².